The van der Waals surface area contributed by atoms with E-state index in [2.05, 4.69) is 25.6 Å². The van der Waals surface area contributed by atoms with Crippen LogP contribution in [0.3, 0.4) is 0 Å². The Labute approximate surface area is 68.9 Å². The van der Waals surface area contributed by atoms with Crippen LogP contribution < -0.4 is 11.8 Å². The van der Waals surface area contributed by atoms with Crippen LogP contribution in [0.1, 0.15) is 12.8 Å². The van der Waals surface area contributed by atoms with E-state index in [0.29, 0.717) is 18.0 Å². The fraction of sp³-hybridized carbons (Fsp3) is 1.00. The molecule has 0 unspecified atom stereocenters. The molecular formula is C5H13BrN2O2. The molecule has 0 bridgehead atoms. The number of hydrogen-bond acceptors (Lipinski definition) is 4. The van der Waals surface area contributed by atoms with Crippen LogP contribution in [0.15, 0.2) is 0 Å². The third kappa shape index (κ3) is 6.44. The molecule has 4 nitrogen and oxygen atoms in total. The van der Waals surface area contributed by atoms with Gasteiger partial charge in [0.25, 0.3) is 0 Å². The second-order valence-electron chi connectivity index (χ2n) is 1.92. The topological polar surface area (TPSA) is 70.5 Å². The zero-order valence-corrected chi connectivity index (χ0v) is 7.34. The molecule has 0 saturated carbocycles. The lowest BCUT2D eigenvalue weighted by molar-refractivity contribution is 0.120. The van der Waals surface area contributed by atoms with Gasteiger partial charge < -0.3 is 9.68 Å². The van der Waals surface area contributed by atoms with E-state index in [-0.39, 0.29) is 0 Å². The molecular weight excluding hydrogens is 200 g/mol. The predicted molar refractivity (Wildman–Crippen MR) is 42.2 cm³/mol. The summed E-state index contributed by atoms with van der Waals surface area (Å²) in [4.78, 5) is 9.16. The standard InChI is InChI=1S/C5H13BrN2O2/c6-5(1-3-9-7)2-4-10-8/h5H,1-4,7-8H2. The molecule has 0 aromatic carbocycles. The Hall–Kier alpha value is 0.320. The average molecular weight is 213 g/mol. The van der Waals surface area contributed by atoms with E-state index in [1.807, 2.05) is 0 Å². The second-order valence-corrected chi connectivity index (χ2v) is 3.21. The Kier molecular flexibility index (Phi) is 7.66. The number of hydrogen-bond donors (Lipinski definition) is 2. The minimum atomic E-state index is 0.375. The van der Waals surface area contributed by atoms with Crippen molar-refractivity contribution >= 4 is 15.9 Å². The summed E-state index contributed by atoms with van der Waals surface area (Å²) in [6, 6.07) is 0. The quantitative estimate of drug-likeness (QED) is 0.492. The van der Waals surface area contributed by atoms with Crippen LogP contribution in [-0.2, 0) is 9.68 Å². The van der Waals surface area contributed by atoms with Crippen molar-refractivity contribution in [3.8, 4) is 0 Å². The molecule has 0 aliphatic carbocycles. The Balaban J connectivity index is 3.00. The van der Waals surface area contributed by atoms with Crippen molar-refractivity contribution in [2.75, 3.05) is 13.2 Å². The minimum Gasteiger partial charge on any atom is -0.305 e. The molecule has 0 fully saturated rings. The maximum Gasteiger partial charge on any atom is 0.0689 e. The van der Waals surface area contributed by atoms with Gasteiger partial charge in [-0.3, -0.25) is 0 Å². The van der Waals surface area contributed by atoms with Crippen LogP contribution in [-0.4, -0.2) is 18.0 Å². The smallest absolute Gasteiger partial charge is 0.0689 e. The summed E-state index contributed by atoms with van der Waals surface area (Å²) in [5, 5.41) is 0. The Bertz CT molecular complexity index is 66.7. The summed E-state index contributed by atoms with van der Waals surface area (Å²) in [5.74, 6) is 9.66. The first kappa shape index (κ1) is 10.3. The lowest BCUT2D eigenvalue weighted by Crippen LogP contribution is -2.11. The Morgan fingerprint density at radius 2 is 1.50 bits per heavy atom. The lowest BCUT2D eigenvalue weighted by Gasteiger charge is -2.06. The van der Waals surface area contributed by atoms with Gasteiger partial charge in [0.1, 0.15) is 0 Å². The van der Waals surface area contributed by atoms with E-state index in [1.165, 1.54) is 0 Å². The molecule has 0 atom stereocenters. The molecule has 0 heterocycles. The van der Waals surface area contributed by atoms with E-state index >= 15 is 0 Å². The van der Waals surface area contributed by atoms with Gasteiger partial charge in [-0.1, -0.05) is 15.9 Å². The molecule has 10 heavy (non-hydrogen) atoms. The highest BCUT2D eigenvalue weighted by molar-refractivity contribution is 9.09. The van der Waals surface area contributed by atoms with Gasteiger partial charge in [0.05, 0.1) is 13.2 Å². The molecule has 0 aromatic rings. The van der Waals surface area contributed by atoms with E-state index < -0.39 is 0 Å². The summed E-state index contributed by atoms with van der Waals surface area (Å²) in [6.07, 6.45) is 1.75. The van der Waals surface area contributed by atoms with Gasteiger partial charge >= 0.3 is 0 Å². The first-order valence-electron chi connectivity index (χ1n) is 3.08. The normalized spacial score (nSPS) is 10.8. The molecule has 62 valence electrons. The van der Waals surface area contributed by atoms with E-state index in [9.17, 15) is 0 Å². The van der Waals surface area contributed by atoms with E-state index in [1.54, 1.807) is 0 Å². The van der Waals surface area contributed by atoms with E-state index in [4.69, 9.17) is 11.8 Å². The molecule has 0 saturated heterocycles. The molecule has 5 heteroatoms. The fourth-order valence-electron chi connectivity index (χ4n) is 0.536. The maximum absolute atomic E-state index is 4.83. The van der Waals surface area contributed by atoms with E-state index in [0.717, 1.165) is 12.8 Å². The van der Waals surface area contributed by atoms with Gasteiger partial charge in [0.2, 0.25) is 0 Å². The molecule has 0 aromatic heterocycles. The summed E-state index contributed by atoms with van der Waals surface area (Å²) in [5.41, 5.74) is 0. The molecule has 0 radical (unpaired) electrons. The zero-order chi connectivity index (χ0) is 7.82. The highest BCUT2D eigenvalue weighted by Gasteiger charge is 2.02. The summed E-state index contributed by atoms with van der Waals surface area (Å²) < 4.78 is 0. The van der Waals surface area contributed by atoms with Crippen LogP contribution >= 0.6 is 15.9 Å². The lowest BCUT2D eigenvalue weighted by atomic mass is 10.2. The number of rotatable bonds is 6. The third-order valence-corrected chi connectivity index (χ3v) is 2.01. The van der Waals surface area contributed by atoms with Crippen LogP contribution in [0.25, 0.3) is 0 Å². The zero-order valence-electron chi connectivity index (χ0n) is 5.75. The van der Waals surface area contributed by atoms with Gasteiger partial charge in [-0.05, 0) is 12.8 Å². The maximum atomic E-state index is 4.83. The van der Waals surface area contributed by atoms with Gasteiger partial charge in [-0.15, -0.1) is 0 Å². The minimum absolute atomic E-state index is 0.375. The van der Waals surface area contributed by atoms with Crippen molar-refractivity contribution < 1.29 is 9.68 Å². The summed E-state index contributed by atoms with van der Waals surface area (Å²) in [7, 11) is 0. The van der Waals surface area contributed by atoms with Crippen molar-refractivity contribution in [2.24, 2.45) is 11.8 Å². The average Bonchev–Trinajstić information content (AvgIpc) is 1.97. The van der Waals surface area contributed by atoms with Crippen molar-refractivity contribution in [1.29, 1.82) is 0 Å². The van der Waals surface area contributed by atoms with Gasteiger partial charge in [0.15, 0.2) is 0 Å². The van der Waals surface area contributed by atoms with Crippen molar-refractivity contribution in [3.63, 3.8) is 0 Å². The van der Waals surface area contributed by atoms with Gasteiger partial charge in [0, 0.05) is 4.83 Å². The molecule has 0 aliphatic heterocycles. The van der Waals surface area contributed by atoms with Gasteiger partial charge in [-0.25, -0.2) is 11.8 Å². The summed E-state index contributed by atoms with van der Waals surface area (Å²) >= 11 is 3.41. The van der Waals surface area contributed by atoms with Gasteiger partial charge in [-0.2, -0.15) is 0 Å². The highest BCUT2D eigenvalue weighted by Crippen LogP contribution is 2.08. The van der Waals surface area contributed by atoms with Crippen LogP contribution in [0.5, 0.6) is 0 Å². The molecule has 0 amide bonds. The molecule has 0 spiro atoms. The van der Waals surface area contributed by atoms with Crippen LogP contribution in [0.2, 0.25) is 0 Å². The molecule has 0 aliphatic rings. The largest absolute Gasteiger partial charge is 0.305 e. The number of nitrogens with two attached hydrogens (primary N) is 2. The Morgan fingerprint density at radius 1 is 1.10 bits per heavy atom. The molecule has 0 rings (SSSR count). The first-order valence-corrected chi connectivity index (χ1v) is 4.00. The monoisotopic (exact) mass is 212 g/mol. The highest BCUT2D eigenvalue weighted by atomic mass is 79.9. The number of halogens is 1. The number of alkyl halides is 1. The summed E-state index contributed by atoms with van der Waals surface area (Å²) in [6.45, 7) is 1.11. The van der Waals surface area contributed by atoms with Crippen molar-refractivity contribution in [1.82, 2.24) is 0 Å². The predicted octanol–water partition coefficient (Wildman–Crippen LogP) is 0.311. The fourth-order valence-corrected chi connectivity index (χ4v) is 0.910. The third-order valence-electron chi connectivity index (χ3n) is 1.10. The van der Waals surface area contributed by atoms with Crippen LogP contribution in [0.4, 0.5) is 0 Å². The first-order chi connectivity index (χ1) is 4.81. The van der Waals surface area contributed by atoms with Crippen molar-refractivity contribution in [2.45, 2.75) is 17.7 Å². The SMILES string of the molecule is NOCCC(Br)CCON. The Morgan fingerprint density at radius 3 is 1.80 bits per heavy atom. The molecule has 4 N–H and O–H groups in total. The van der Waals surface area contributed by atoms with Crippen molar-refractivity contribution in [3.05, 3.63) is 0 Å². The second kappa shape index (κ2) is 7.43. The van der Waals surface area contributed by atoms with Crippen LogP contribution in [0, 0.1) is 0 Å².